The highest BCUT2D eigenvalue weighted by Gasteiger charge is 2.19. The number of benzene rings is 2. The van der Waals surface area contributed by atoms with E-state index < -0.39 is 35.6 Å². The summed E-state index contributed by atoms with van der Waals surface area (Å²) in [5, 5.41) is 0. The third-order valence-corrected chi connectivity index (χ3v) is 7.23. The van der Waals surface area contributed by atoms with E-state index >= 15 is 0 Å². The van der Waals surface area contributed by atoms with Crippen molar-refractivity contribution in [1.29, 1.82) is 0 Å². The first-order valence-electron chi connectivity index (χ1n) is 13.3. The largest absolute Gasteiger partial charge is 0.493 e. The molecule has 0 aromatic heterocycles. The SMILES string of the molecule is COc1cc(/C=C/C(=O)CC(=O)/C=C/c2ccc(OC(=O)[C@H](N)CCSC)c(OC)c2)ccc1OC(=O)[C@H](N)CCSC. The Hall–Kier alpha value is -3.58. The monoisotopic (exact) mass is 630 g/mol. The van der Waals surface area contributed by atoms with Gasteiger partial charge in [-0.05, 0) is 84.4 Å². The number of allylic oxidation sites excluding steroid dienone is 2. The molecule has 0 bridgehead atoms. The number of rotatable bonds is 18. The van der Waals surface area contributed by atoms with Crippen LogP contribution < -0.4 is 30.4 Å². The maximum absolute atomic E-state index is 12.4. The van der Waals surface area contributed by atoms with Gasteiger partial charge in [0.2, 0.25) is 0 Å². The maximum atomic E-state index is 12.4. The molecule has 4 N–H and O–H groups in total. The molecule has 2 aromatic carbocycles. The quantitative estimate of drug-likeness (QED) is 0.106. The molecule has 0 saturated heterocycles. The van der Waals surface area contributed by atoms with Crippen LogP contribution in [0.15, 0.2) is 48.6 Å². The fourth-order valence-electron chi connectivity index (χ4n) is 3.51. The van der Waals surface area contributed by atoms with Crippen LogP contribution in [0.5, 0.6) is 23.0 Å². The Kier molecular flexibility index (Phi) is 15.6. The molecule has 0 aliphatic heterocycles. The Bertz CT molecular complexity index is 1230. The molecule has 0 aliphatic rings. The molecule has 43 heavy (non-hydrogen) atoms. The van der Waals surface area contributed by atoms with Gasteiger partial charge < -0.3 is 30.4 Å². The average Bonchev–Trinajstić information content (AvgIpc) is 3.01. The zero-order valence-corrected chi connectivity index (χ0v) is 26.3. The summed E-state index contributed by atoms with van der Waals surface area (Å²) in [5.74, 6) is 0.582. The van der Waals surface area contributed by atoms with Gasteiger partial charge in [0.1, 0.15) is 12.1 Å². The summed E-state index contributed by atoms with van der Waals surface area (Å²) in [6, 6.07) is 8.12. The lowest BCUT2D eigenvalue weighted by Crippen LogP contribution is -2.34. The molecule has 2 aromatic rings. The van der Waals surface area contributed by atoms with Crippen LogP contribution >= 0.6 is 23.5 Å². The fraction of sp³-hybridized carbons (Fsp3) is 0.355. The van der Waals surface area contributed by atoms with Crippen molar-refractivity contribution in [3.8, 4) is 23.0 Å². The second kappa shape index (κ2) is 18.9. The van der Waals surface area contributed by atoms with E-state index in [4.69, 9.17) is 30.4 Å². The Morgan fingerprint density at radius 1 is 0.698 bits per heavy atom. The number of hydrogen-bond acceptors (Lipinski definition) is 12. The predicted molar refractivity (Wildman–Crippen MR) is 172 cm³/mol. The molecular formula is C31H38N2O8S2. The van der Waals surface area contributed by atoms with Gasteiger partial charge in [0.15, 0.2) is 34.6 Å². The van der Waals surface area contributed by atoms with Gasteiger partial charge in [0.05, 0.1) is 20.6 Å². The number of carbonyl (C=O) groups is 4. The summed E-state index contributed by atoms with van der Waals surface area (Å²) < 4.78 is 21.4. The van der Waals surface area contributed by atoms with Crippen LogP contribution in [0.2, 0.25) is 0 Å². The molecule has 232 valence electrons. The van der Waals surface area contributed by atoms with E-state index in [0.717, 1.165) is 11.5 Å². The molecule has 0 heterocycles. The number of esters is 2. The van der Waals surface area contributed by atoms with Crippen molar-refractivity contribution >= 4 is 59.2 Å². The third-order valence-electron chi connectivity index (χ3n) is 5.94. The molecule has 2 atom stereocenters. The van der Waals surface area contributed by atoms with Gasteiger partial charge in [-0.3, -0.25) is 9.59 Å². The van der Waals surface area contributed by atoms with E-state index in [1.165, 1.54) is 38.5 Å². The standard InChI is InChI=1S/C31H38N2O8S2/c1-38-28-17-20(7-11-26(28)40-30(36)24(32)13-15-42-3)5-9-22(34)19-23(35)10-6-21-8-12-27(29(18-21)39-2)41-31(37)25(33)14-16-43-4/h5-12,17-18,24-25H,13-16,19,32-33H2,1-4H3/b9-5+,10-6+/t24-,25-/m1/s1. The fourth-order valence-corrected chi connectivity index (χ4v) is 4.48. The molecule has 0 saturated carbocycles. The minimum absolute atomic E-state index is 0.216. The van der Waals surface area contributed by atoms with Crippen LogP contribution in [0.1, 0.15) is 30.4 Å². The van der Waals surface area contributed by atoms with Crippen molar-refractivity contribution in [2.24, 2.45) is 11.5 Å². The molecule has 0 aliphatic carbocycles. The smallest absolute Gasteiger partial charge is 0.328 e. The minimum Gasteiger partial charge on any atom is -0.493 e. The average molecular weight is 631 g/mol. The van der Waals surface area contributed by atoms with E-state index in [1.54, 1.807) is 59.9 Å². The number of nitrogens with two attached hydrogens (primary N) is 2. The van der Waals surface area contributed by atoms with Gasteiger partial charge in [-0.25, -0.2) is 9.59 Å². The summed E-state index contributed by atoms with van der Waals surface area (Å²) in [7, 11) is 2.87. The summed E-state index contributed by atoms with van der Waals surface area (Å²) in [6.45, 7) is 0. The van der Waals surface area contributed by atoms with Crippen molar-refractivity contribution in [2.75, 3.05) is 38.2 Å². The number of hydrogen-bond donors (Lipinski definition) is 2. The highest BCUT2D eigenvalue weighted by molar-refractivity contribution is 7.98. The zero-order chi connectivity index (χ0) is 31.8. The Labute approximate surface area is 260 Å². The molecule has 0 spiro atoms. The first-order valence-corrected chi connectivity index (χ1v) is 16.1. The Balaban J connectivity index is 1.97. The maximum Gasteiger partial charge on any atom is 0.328 e. The zero-order valence-electron chi connectivity index (χ0n) is 24.7. The van der Waals surface area contributed by atoms with E-state index in [-0.39, 0.29) is 17.9 Å². The van der Waals surface area contributed by atoms with Crippen LogP contribution in [0.3, 0.4) is 0 Å². The number of ketones is 2. The van der Waals surface area contributed by atoms with E-state index in [2.05, 4.69) is 0 Å². The molecule has 0 radical (unpaired) electrons. The summed E-state index contributed by atoms with van der Waals surface area (Å²) in [5.41, 5.74) is 13.0. The van der Waals surface area contributed by atoms with Gasteiger partial charge in [-0.15, -0.1) is 0 Å². The number of thioether (sulfide) groups is 2. The molecule has 0 amide bonds. The summed E-state index contributed by atoms with van der Waals surface area (Å²) in [6.07, 6.45) is 10.2. The number of methoxy groups -OCH3 is 2. The van der Waals surface area contributed by atoms with Gasteiger partial charge >= 0.3 is 11.9 Å². The molecule has 0 unspecified atom stereocenters. The molecule has 12 heteroatoms. The first-order chi connectivity index (χ1) is 20.6. The highest BCUT2D eigenvalue weighted by Crippen LogP contribution is 2.30. The summed E-state index contributed by atoms with van der Waals surface area (Å²) in [4.78, 5) is 49.3. The lowest BCUT2D eigenvalue weighted by molar-refractivity contribution is -0.136. The number of ether oxygens (including phenoxy) is 4. The van der Waals surface area contributed by atoms with E-state index in [1.807, 2.05) is 12.5 Å². The van der Waals surface area contributed by atoms with Gasteiger partial charge in [0, 0.05) is 0 Å². The second-order valence-electron chi connectivity index (χ2n) is 9.21. The van der Waals surface area contributed by atoms with Crippen LogP contribution in [0.25, 0.3) is 12.2 Å². The van der Waals surface area contributed by atoms with Crippen molar-refractivity contribution in [3.05, 3.63) is 59.7 Å². The van der Waals surface area contributed by atoms with E-state index in [9.17, 15) is 19.2 Å². The van der Waals surface area contributed by atoms with Crippen LogP contribution in [-0.2, 0) is 19.2 Å². The van der Waals surface area contributed by atoms with Crippen molar-refractivity contribution in [3.63, 3.8) is 0 Å². The van der Waals surface area contributed by atoms with Crippen molar-refractivity contribution in [2.45, 2.75) is 31.3 Å². The molecule has 0 fully saturated rings. The predicted octanol–water partition coefficient (Wildman–Crippen LogP) is 3.93. The lowest BCUT2D eigenvalue weighted by Gasteiger charge is -2.13. The Morgan fingerprint density at radius 3 is 1.44 bits per heavy atom. The highest BCUT2D eigenvalue weighted by atomic mass is 32.2. The molecule has 2 rings (SSSR count). The minimum atomic E-state index is -0.744. The van der Waals surface area contributed by atoms with Gasteiger partial charge in [-0.2, -0.15) is 23.5 Å². The van der Waals surface area contributed by atoms with Gasteiger partial charge in [0.25, 0.3) is 0 Å². The first kappa shape index (κ1) is 35.6. The van der Waals surface area contributed by atoms with E-state index in [0.29, 0.717) is 35.5 Å². The van der Waals surface area contributed by atoms with Crippen molar-refractivity contribution in [1.82, 2.24) is 0 Å². The van der Waals surface area contributed by atoms with Gasteiger partial charge in [-0.1, -0.05) is 24.3 Å². The normalized spacial score (nSPS) is 12.6. The Morgan fingerprint density at radius 2 is 1.09 bits per heavy atom. The lowest BCUT2D eigenvalue weighted by atomic mass is 10.1. The van der Waals surface area contributed by atoms with Crippen molar-refractivity contribution < 1.29 is 38.1 Å². The topological polar surface area (TPSA) is 157 Å². The summed E-state index contributed by atoms with van der Waals surface area (Å²) >= 11 is 3.17. The van der Waals surface area contributed by atoms with Crippen LogP contribution in [0, 0.1) is 0 Å². The number of carbonyl (C=O) groups excluding carboxylic acids is 4. The molecular weight excluding hydrogens is 592 g/mol. The van der Waals surface area contributed by atoms with Crippen LogP contribution in [0.4, 0.5) is 0 Å². The second-order valence-corrected chi connectivity index (χ2v) is 11.2. The third kappa shape index (κ3) is 12.3. The van der Waals surface area contributed by atoms with Crippen LogP contribution in [-0.4, -0.2) is 73.8 Å². The molecule has 10 nitrogen and oxygen atoms in total.